The van der Waals surface area contributed by atoms with Crippen LogP contribution in [0.25, 0.3) is 11.5 Å². The number of nitrogen functional groups attached to an aromatic ring is 1. The highest BCUT2D eigenvalue weighted by atomic mass is 16.6. The molecule has 1 fully saturated rings. The van der Waals surface area contributed by atoms with Crippen LogP contribution in [0.3, 0.4) is 0 Å². The first-order chi connectivity index (χ1) is 17.5. The number of likely N-dealkylation sites (N-methyl/N-ethyl adjacent to an activating group) is 1. The Hall–Kier alpha value is -4.57. The molecule has 16 nitrogen and oxygen atoms in total. The molecule has 3 N–H and O–H groups in total. The van der Waals surface area contributed by atoms with Gasteiger partial charge in [0.25, 0.3) is 5.91 Å². The fraction of sp³-hybridized carbons (Fsp3) is 0.350. The predicted molar refractivity (Wildman–Crippen MR) is 125 cm³/mol. The van der Waals surface area contributed by atoms with Crippen molar-refractivity contribution in [3.63, 3.8) is 0 Å². The lowest BCUT2D eigenvalue weighted by Crippen LogP contribution is -2.44. The van der Waals surface area contributed by atoms with Crippen molar-refractivity contribution in [1.29, 1.82) is 0 Å². The maximum absolute atomic E-state index is 13.1. The van der Waals surface area contributed by atoms with Gasteiger partial charge in [-0.05, 0) is 47.2 Å². The molecule has 36 heavy (non-hydrogen) atoms. The van der Waals surface area contributed by atoms with E-state index in [1.54, 1.807) is 6.92 Å². The molecule has 1 aliphatic rings. The topological polar surface area (TPSA) is 187 Å². The molecule has 0 atom stereocenters. The van der Waals surface area contributed by atoms with Crippen LogP contribution in [0.5, 0.6) is 0 Å². The maximum atomic E-state index is 13.1. The molecule has 186 valence electrons. The second kappa shape index (κ2) is 9.96. The van der Waals surface area contributed by atoms with E-state index in [0.29, 0.717) is 23.6 Å². The Kier molecular flexibility index (Phi) is 6.42. The maximum Gasteiger partial charge on any atom is 0.293 e. The molecule has 0 saturated carbocycles. The molecule has 4 aromatic rings. The Labute approximate surface area is 204 Å². The van der Waals surface area contributed by atoms with E-state index < -0.39 is 5.91 Å². The van der Waals surface area contributed by atoms with E-state index in [1.807, 2.05) is 24.3 Å². The van der Waals surface area contributed by atoms with Crippen molar-refractivity contribution in [2.24, 2.45) is 5.10 Å². The van der Waals surface area contributed by atoms with Gasteiger partial charge in [0, 0.05) is 32.7 Å². The number of hydrazone groups is 1. The third kappa shape index (κ3) is 4.80. The Bertz CT molecular complexity index is 1370. The third-order valence-corrected chi connectivity index (χ3v) is 5.81. The number of nitrogens with zero attached hydrogens (tertiary/aromatic N) is 12. The first kappa shape index (κ1) is 23.2. The largest absolute Gasteiger partial charge is 0.378 e. The minimum atomic E-state index is -0.520. The molecule has 0 bridgehead atoms. The first-order valence-corrected chi connectivity index (χ1v) is 11.1. The molecule has 1 amide bonds. The number of hydrogen-bond donors (Lipinski definition) is 2. The van der Waals surface area contributed by atoms with Gasteiger partial charge in [0.2, 0.25) is 11.6 Å². The summed E-state index contributed by atoms with van der Waals surface area (Å²) in [7, 11) is 2.07. The van der Waals surface area contributed by atoms with Gasteiger partial charge >= 0.3 is 0 Å². The average molecular weight is 493 g/mol. The van der Waals surface area contributed by atoms with Gasteiger partial charge < -0.3 is 10.6 Å². The Balaban J connectivity index is 1.38. The summed E-state index contributed by atoms with van der Waals surface area (Å²) in [6.45, 7) is 5.64. The minimum Gasteiger partial charge on any atom is -0.378 e. The predicted octanol–water partition coefficient (Wildman–Crippen LogP) is -0.890. The molecule has 1 aliphatic heterocycles. The SMILES string of the molecule is CC(=NNC(=O)c1nnn(-c2nonc2N)c1CN1CCN(C)CC1)c1cccc(-n2ncnn2)c1. The van der Waals surface area contributed by atoms with E-state index in [4.69, 9.17) is 10.4 Å². The van der Waals surface area contributed by atoms with Crippen LogP contribution in [0.4, 0.5) is 5.82 Å². The third-order valence-electron chi connectivity index (χ3n) is 5.81. The van der Waals surface area contributed by atoms with Crippen molar-refractivity contribution in [2.45, 2.75) is 13.5 Å². The summed E-state index contributed by atoms with van der Waals surface area (Å²) < 4.78 is 6.10. The van der Waals surface area contributed by atoms with Gasteiger partial charge in [0.05, 0.1) is 17.1 Å². The Morgan fingerprint density at radius 2 is 2.03 bits per heavy atom. The van der Waals surface area contributed by atoms with E-state index in [0.717, 1.165) is 31.7 Å². The molecular weight excluding hydrogens is 468 g/mol. The van der Waals surface area contributed by atoms with Crippen LogP contribution in [0.1, 0.15) is 28.7 Å². The second-order valence-corrected chi connectivity index (χ2v) is 8.26. The van der Waals surface area contributed by atoms with E-state index in [-0.39, 0.29) is 17.3 Å². The monoisotopic (exact) mass is 492 g/mol. The van der Waals surface area contributed by atoms with Crippen LogP contribution >= 0.6 is 0 Å². The number of carbonyl (C=O) groups is 1. The summed E-state index contributed by atoms with van der Waals surface area (Å²) in [5, 5.41) is 31.5. The van der Waals surface area contributed by atoms with Crippen LogP contribution in [-0.2, 0) is 6.54 Å². The van der Waals surface area contributed by atoms with Crippen LogP contribution in [0.15, 0.2) is 40.3 Å². The number of amides is 1. The van der Waals surface area contributed by atoms with Gasteiger partial charge in [-0.15, -0.1) is 20.1 Å². The average Bonchev–Trinajstić information content (AvgIpc) is 3.65. The highest BCUT2D eigenvalue weighted by molar-refractivity contribution is 6.01. The van der Waals surface area contributed by atoms with Gasteiger partial charge in [-0.1, -0.05) is 17.3 Å². The van der Waals surface area contributed by atoms with Crippen molar-refractivity contribution in [1.82, 2.24) is 60.7 Å². The van der Waals surface area contributed by atoms with Crippen molar-refractivity contribution in [3.8, 4) is 11.5 Å². The molecule has 16 heteroatoms. The number of anilines is 1. The van der Waals surface area contributed by atoms with E-state index in [1.165, 1.54) is 15.8 Å². The molecule has 4 heterocycles. The number of hydrogen-bond acceptors (Lipinski definition) is 13. The molecule has 0 radical (unpaired) electrons. The van der Waals surface area contributed by atoms with E-state index in [2.05, 4.69) is 63.4 Å². The Morgan fingerprint density at radius 3 is 2.75 bits per heavy atom. The van der Waals surface area contributed by atoms with Gasteiger partial charge in [-0.25, -0.2) is 10.1 Å². The molecular formula is C20H24N14O2. The van der Waals surface area contributed by atoms with Gasteiger partial charge in [-0.3, -0.25) is 9.69 Å². The standard InChI is InChI=1S/C20H24N14O2/c1-13(14-4-3-5-15(10-14)34-23-12-22-29-34)24-26-20(35)17-16(11-32-8-6-31(2)7-9-32)33(30-25-17)19-18(21)27-36-28-19/h3-5,10,12H,6-9,11H2,1-2H3,(H2,21,27)(H,26,35). The number of benzene rings is 1. The molecule has 1 aromatic carbocycles. The number of tetrazole rings is 1. The highest BCUT2D eigenvalue weighted by Gasteiger charge is 2.26. The highest BCUT2D eigenvalue weighted by Crippen LogP contribution is 2.18. The van der Waals surface area contributed by atoms with Crippen LogP contribution in [-0.4, -0.2) is 100 Å². The van der Waals surface area contributed by atoms with Crippen molar-refractivity contribution in [2.75, 3.05) is 39.0 Å². The quantitative estimate of drug-likeness (QED) is 0.240. The zero-order valence-electron chi connectivity index (χ0n) is 19.7. The first-order valence-electron chi connectivity index (χ1n) is 11.1. The number of carbonyl (C=O) groups excluding carboxylic acids is 1. The summed E-state index contributed by atoms with van der Waals surface area (Å²) in [4.78, 5) is 19.0. The lowest BCUT2D eigenvalue weighted by Gasteiger charge is -2.32. The fourth-order valence-corrected chi connectivity index (χ4v) is 3.74. The second-order valence-electron chi connectivity index (χ2n) is 8.26. The number of piperazine rings is 1. The molecule has 1 saturated heterocycles. The summed E-state index contributed by atoms with van der Waals surface area (Å²) in [5.74, 6) is -0.306. The Morgan fingerprint density at radius 1 is 1.19 bits per heavy atom. The van der Waals surface area contributed by atoms with Crippen LogP contribution < -0.4 is 11.2 Å². The van der Waals surface area contributed by atoms with Crippen molar-refractivity contribution < 1.29 is 9.42 Å². The molecule has 0 aliphatic carbocycles. The van der Waals surface area contributed by atoms with Crippen molar-refractivity contribution in [3.05, 3.63) is 47.5 Å². The number of nitrogens with two attached hydrogens (primary N) is 1. The molecule has 0 unspecified atom stereocenters. The molecule has 5 rings (SSSR count). The van der Waals surface area contributed by atoms with Gasteiger partial charge in [0.1, 0.15) is 0 Å². The fourth-order valence-electron chi connectivity index (χ4n) is 3.74. The van der Waals surface area contributed by atoms with E-state index in [9.17, 15) is 4.79 Å². The van der Waals surface area contributed by atoms with Gasteiger partial charge in [-0.2, -0.15) is 9.78 Å². The zero-order chi connectivity index (χ0) is 25.1. The summed E-state index contributed by atoms with van der Waals surface area (Å²) >= 11 is 0. The summed E-state index contributed by atoms with van der Waals surface area (Å²) in [5.41, 5.74) is 11.1. The van der Waals surface area contributed by atoms with Crippen molar-refractivity contribution >= 4 is 17.4 Å². The van der Waals surface area contributed by atoms with Crippen LogP contribution in [0.2, 0.25) is 0 Å². The van der Waals surface area contributed by atoms with E-state index >= 15 is 0 Å². The molecule has 0 spiro atoms. The molecule has 3 aromatic heterocycles. The smallest absolute Gasteiger partial charge is 0.293 e. The normalized spacial score (nSPS) is 15.3. The van der Waals surface area contributed by atoms with Crippen LogP contribution in [0, 0.1) is 0 Å². The summed E-state index contributed by atoms with van der Waals surface area (Å²) in [6.07, 6.45) is 1.35. The summed E-state index contributed by atoms with van der Waals surface area (Å²) in [6, 6.07) is 7.37. The minimum absolute atomic E-state index is 0.0436. The number of nitrogens with one attached hydrogen (secondary N) is 1. The van der Waals surface area contributed by atoms with Gasteiger partial charge in [0.15, 0.2) is 12.0 Å². The lowest BCUT2D eigenvalue weighted by atomic mass is 10.1. The zero-order valence-corrected chi connectivity index (χ0v) is 19.7. The number of aromatic nitrogens is 9. The lowest BCUT2D eigenvalue weighted by molar-refractivity contribution is 0.0945. The number of rotatable bonds is 7.